The van der Waals surface area contributed by atoms with Crippen LogP contribution in [0.4, 0.5) is 0 Å². The lowest BCUT2D eigenvalue weighted by molar-refractivity contribution is -0.157. The van der Waals surface area contributed by atoms with Crippen LogP contribution in [0.25, 0.3) is 0 Å². The molecule has 0 spiro atoms. The van der Waals surface area contributed by atoms with Crippen LogP contribution in [0.15, 0.2) is 0 Å². The predicted octanol–water partition coefficient (Wildman–Crippen LogP) is 1.04. The van der Waals surface area contributed by atoms with Gasteiger partial charge in [0.25, 0.3) is 0 Å². The SMILES string of the molecule is O=C(O)CCC(=O)OC1CCCC(C(=O)O)C1. The Kier molecular flexibility index (Phi) is 4.93. The second-order valence-corrected chi connectivity index (χ2v) is 4.21. The molecule has 1 aliphatic rings. The van der Waals surface area contributed by atoms with E-state index in [9.17, 15) is 14.4 Å². The molecule has 0 heterocycles. The van der Waals surface area contributed by atoms with E-state index >= 15 is 0 Å². The zero-order valence-corrected chi connectivity index (χ0v) is 9.42. The third kappa shape index (κ3) is 4.84. The Balaban J connectivity index is 2.33. The van der Waals surface area contributed by atoms with Gasteiger partial charge in [-0.2, -0.15) is 0 Å². The zero-order chi connectivity index (χ0) is 12.8. The number of hydrogen-bond acceptors (Lipinski definition) is 4. The molecule has 0 amide bonds. The molecular weight excluding hydrogens is 228 g/mol. The van der Waals surface area contributed by atoms with Gasteiger partial charge in [0.15, 0.2) is 0 Å². The van der Waals surface area contributed by atoms with E-state index in [-0.39, 0.29) is 18.9 Å². The molecule has 6 heteroatoms. The van der Waals surface area contributed by atoms with Crippen molar-refractivity contribution in [2.45, 2.75) is 44.6 Å². The van der Waals surface area contributed by atoms with E-state index in [1.807, 2.05) is 0 Å². The summed E-state index contributed by atoms with van der Waals surface area (Å²) >= 11 is 0. The molecule has 2 unspecified atom stereocenters. The second kappa shape index (κ2) is 6.22. The molecule has 96 valence electrons. The number of rotatable bonds is 5. The van der Waals surface area contributed by atoms with Crippen LogP contribution in [0.1, 0.15) is 38.5 Å². The molecule has 1 saturated carbocycles. The summed E-state index contributed by atoms with van der Waals surface area (Å²) in [6.45, 7) is 0. The fourth-order valence-corrected chi connectivity index (χ4v) is 1.93. The molecule has 17 heavy (non-hydrogen) atoms. The van der Waals surface area contributed by atoms with Crippen LogP contribution in [0.2, 0.25) is 0 Å². The van der Waals surface area contributed by atoms with Gasteiger partial charge in [0, 0.05) is 0 Å². The summed E-state index contributed by atoms with van der Waals surface area (Å²) in [5, 5.41) is 17.2. The highest BCUT2D eigenvalue weighted by Gasteiger charge is 2.29. The molecule has 1 fully saturated rings. The number of carbonyl (C=O) groups is 3. The van der Waals surface area contributed by atoms with Crippen molar-refractivity contribution in [3.05, 3.63) is 0 Å². The second-order valence-electron chi connectivity index (χ2n) is 4.21. The number of esters is 1. The van der Waals surface area contributed by atoms with Crippen LogP contribution in [0, 0.1) is 5.92 Å². The van der Waals surface area contributed by atoms with Gasteiger partial charge < -0.3 is 14.9 Å². The molecule has 2 atom stereocenters. The van der Waals surface area contributed by atoms with Gasteiger partial charge in [0.1, 0.15) is 6.10 Å². The highest BCUT2D eigenvalue weighted by atomic mass is 16.5. The molecule has 0 saturated heterocycles. The normalized spacial score (nSPS) is 24.0. The van der Waals surface area contributed by atoms with Gasteiger partial charge in [-0.15, -0.1) is 0 Å². The maximum atomic E-state index is 11.3. The Labute approximate surface area is 98.6 Å². The largest absolute Gasteiger partial charge is 0.481 e. The minimum absolute atomic E-state index is 0.163. The van der Waals surface area contributed by atoms with E-state index in [1.165, 1.54) is 0 Å². The van der Waals surface area contributed by atoms with Gasteiger partial charge in [-0.25, -0.2) is 0 Å². The standard InChI is InChI=1S/C11H16O6/c12-9(13)4-5-10(14)17-8-3-1-2-7(6-8)11(15)16/h7-8H,1-6H2,(H,12,13)(H,15,16). The van der Waals surface area contributed by atoms with Crippen molar-refractivity contribution in [3.63, 3.8) is 0 Å². The summed E-state index contributed by atoms with van der Waals surface area (Å²) in [4.78, 5) is 32.3. The number of carboxylic acid groups (broad SMARTS) is 2. The van der Waals surface area contributed by atoms with E-state index in [1.54, 1.807) is 0 Å². The lowest BCUT2D eigenvalue weighted by Crippen LogP contribution is -2.29. The maximum absolute atomic E-state index is 11.3. The fourth-order valence-electron chi connectivity index (χ4n) is 1.93. The fraction of sp³-hybridized carbons (Fsp3) is 0.727. The van der Waals surface area contributed by atoms with Crippen LogP contribution in [-0.4, -0.2) is 34.2 Å². The third-order valence-corrected chi connectivity index (χ3v) is 2.82. The maximum Gasteiger partial charge on any atom is 0.306 e. The van der Waals surface area contributed by atoms with Crippen LogP contribution in [0.3, 0.4) is 0 Å². The smallest absolute Gasteiger partial charge is 0.306 e. The molecule has 0 aliphatic heterocycles. The first-order chi connectivity index (χ1) is 7.99. The van der Waals surface area contributed by atoms with Gasteiger partial charge in [-0.05, 0) is 25.7 Å². The molecule has 0 aromatic heterocycles. The molecule has 0 radical (unpaired) electrons. The Bertz CT molecular complexity index is 311. The van der Waals surface area contributed by atoms with Crippen LogP contribution in [0.5, 0.6) is 0 Å². The highest BCUT2D eigenvalue weighted by Crippen LogP contribution is 2.26. The topological polar surface area (TPSA) is 101 Å². The van der Waals surface area contributed by atoms with Crippen molar-refractivity contribution in [1.82, 2.24) is 0 Å². The first-order valence-corrected chi connectivity index (χ1v) is 5.63. The van der Waals surface area contributed by atoms with Crippen LogP contribution >= 0.6 is 0 Å². The molecule has 0 aromatic carbocycles. The van der Waals surface area contributed by atoms with Crippen molar-refractivity contribution in [1.29, 1.82) is 0 Å². The molecule has 1 aliphatic carbocycles. The van der Waals surface area contributed by atoms with Gasteiger partial charge >= 0.3 is 17.9 Å². The van der Waals surface area contributed by atoms with E-state index in [0.29, 0.717) is 25.7 Å². The van der Waals surface area contributed by atoms with Crippen LogP contribution < -0.4 is 0 Å². The van der Waals surface area contributed by atoms with E-state index in [4.69, 9.17) is 14.9 Å². The lowest BCUT2D eigenvalue weighted by atomic mass is 9.87. The Morgan fingerprint density at radius 1 is 1.12 bits per heavy atom. The van der Waals surface area contributed by atoms with E-state index in [2.05, 4.69) is 0 Å². The van der Waals surface area contributed by atoms with Crippen molar-refractivity contribution in [3.8, 4) is 0 Å². The Morgan fingerprint density at radius 3 is 2.41 bits per heavy atom. The summed E-state index contributed by atoms with van der Waals surface area (Å²) in [5.41, 5.74) is 0. The zero-order valence-electron chi connectivity index (χ0n) is 9.42. The molecule has 6 nitrogen and oxygen atoms in total. The average molecular weight is 244 g/mol. The lowest BCUT2D eigenvalue weighted by Gasteiger charge is -2.26. The molecule has 0 aromatic rings. The average Bonchev–Trinajstić information content (AvgIpc) is 2.26. The molecular formula is C11H16O6. The minimum Gasteiger partial charge on any atom is -0.481 e. The summed E-state index contributed by atoms with van der Waals surface area (Å²) in [7, 11) is 0. The number of ether oxygens (including phenoxy) is 1. The van der Waals surface area contributed by atoms with Gasteiger partial charge in [0.05, 0.1) is 18.8 Å². The summed E-state index contributed by atoms with van der Waals surface area (Å²) in [6, 6.07) is 0. The van der Waals surface area contributed by atoms with Gasteiger partial charge in [-0.1, -0.05) is 0 Å². The first kappa shape index (κ1) is 13.5. The van der Waals surface area contributed by atoms with Crippen molar-refractivity contribution >= 4 is 17.9 Å². The number of hydrogen-bond donors (Lipinski definition) is 2. The minimum atomic E-state index is -1.05. The molecule has 1 rings (SSSR count). The van der Waals surface area contributed by atoms with Crippen molar-refractivity contribution in [2.24, 2.45) is 5.92 Å². The highest BCUT2D eigenvalue weighted by molar-refractivity contribution is 5.76. The third-order valence-electron chi connectivity index (χ3n) is 2.82. The van der Waals surface area contributed by atoms with Gasteiger partial charge in [-0.3, -0.25) is 14.4 Å². The monoisotopic (exact) mass is 244 g/mol. The quantitative estimate of drug-likeness (QED) is 0.700. The molecule has 2 N–H and O–H groups in total. The number of carboxylic acids is 2. The van der Waals surface area contributed by atoms with E-state index < -0.39 is 23.8 Å². The molecule has 0 bridgehead atoms. The van der Waals surface area contributed by atoms with Crippen molar-refractivity contribution < 1.29 is 29.3 Å². The summed E-state index contributed by atoms with van der Waals surface area (Å²) < 4.78 is 5.06. The van der Waals surface area contributed by atoms with Gasteiger partial charge in [0.2, 0.25) is 0 Å². The predicted molar refractivity (Wildman–Crippen MR) is 56.3 cm³/mol. The summed E-state index contributed by atoms with van der Waals surface area (Å²) in [6.07, 6.45) is 1.51. The van der Waals surface area contributed by atoms with Crippen LogP contribution in [-0.2, 0) is 19.1 Å². The summed E-state index contributed by atoms with van der Waals surface area (Å²) in [5.74, 6) is -2.94. The number of carbonyl (C=O) groups excluding carboxylic acids is 1. The Hall–Kier alpha value is -1.59. The first-order valence-electron chi connectivity index (χ1n) is 5.63. The Morgan fingerprint density at radius 2 is 1.82 bits per heavy atom. The number of aliphatic carboxylic acids is 2. The van der Waals surface area contributed by atoms with E-state index in [0.717, 1.165) is 0 Å². The van der Waals surface area contributed by atoms with Crippen molar-refractivity contribution in [2.75, 3.05) is 0 Å².